The standard InChI is InChI=1S/C16H12N2O2/c19-14(12-7-3-1-4-8-12)11-15-17-16(18-20-15)13-9-5-2-6-10-13/h1-11,19H/b14-11-. The minimum atomic E-state index is 0.0915. The topological polar surface area (TPSA) is 59.2 Å². The van der Waals surface area contributed by atoms with Crippen LogP contribution in [0.3, 0.4) is 0 Å². The van der Waals surface area contributed by atoms with Gasteiger partial charge in [-0.15, -0.1) is 0 Å². The van der Waals surface area contributed by atoms with E-state index in [1.807, 2.05) is 48.5 Å². The first-order valence-corrected chi connectivity index (χ1v) is 6.18. The lowest BCUT2D eigenvalue weighted by Gasteiger charge is -1.96. The van der Waals surface area contributed by atoms with Crippen LogP contribution < -0.4 is 0 Å². The summed E-state index contributed by atoms with van der Waals surface area (Å²) in [6, 6.07) is 18.7. The van der Waals surface area contributed by atoms with Crippen LogP contribution in [0, 0.1) is 0 Å². The van der Waals surface area contributed by atoms with Gasteiger partial charge in [0.2, 0.25) is 5.82 Å². The summed E-state index contributed by atoms with van der Waals surface area (Å²) >= 11 is 0. The van der Waals surface area contributed by atoms with Crippen molar-refractivity contribution in [1.82, 2.24) is 10.1 Å². The van der Waals surface area contributed by atoms with Crippen molar-refractivity contribution in [1.29, 1.82) is 0 Å². The Balaban J connectivity index is 1.88. The van der Waals surface area contributed by atoms with Crippen LogP contribution in [0.1, 0.15) is 11.5 Å². The van der Waals surface area contributed by atoms with Crippen molar-refractivity contribution in [2.45, 2.75) is 0 Å². The minimum Gasteiger partial charge on any atom is -0.507 e. The molecule has 0 aliphatic carbocycles. The summed E-state index contributed by atoms with van der Waals surface area (Å²) in [5.41, 5.74) is 1.57. The molecule has 0 aliphatic rings. The summed E-state index contributed by atoms with van der Waals surface area (Å²) in [7, 11) is 0. The molecule has 0 amide bonds. The molecule has 0 aliphatic heterocycles. The van der Waals surface area contributed by atoms with E-state index in [4.69, 9.17) is 4.52 Å². The molecule has 0 fully saturated rings. The lowest BCUT2D eigenvalue weighted by molar-refractivity contribution is 0.409. The average molecular weight is 264 g/mol. The Morgan fingerprint density at radius 1 is 0.950 bits per heavy atom. The third-order valence-corrected chi connectivity index (χ3v) is 2.80. The monoisotopic (exact) mass is 264 g/mol. The van der Waals surface area contributed by atoms with E-state index in [2.05, 4.69) is 10.1 Å². The molecule has 1 N–H and O–H groups in total. The molecule has 20 heavy (non-hydrogen) atoms. The number of benzene rings is 2. The van der Waals surface area contributed by atoms with Gasteiger partial charge < -0.3 is 9.63 Å². The number of hydrogen-bond acceptors (Lipinski definition) is 4. The molecule has 1 heterocycles. The van der Waals surface area contributed by atoms with E-state index >= 15 is 0 Å². The van der Waals surface area contributed by atoms with Gasteiger partial charge in [-0.2, -0.15) is 4.98 Å². The predicted molar refractivity (Wildman–Crippen MR) is 76.7 cm³/mol. The third kappa shape index (κ3) is 2.59. The van der Waals surface area contributed by atoms with E-state index in [0.29, 0.717) is 11.4 Å². The number of aromatic nitrogens is 2. The fraction of sp³-hybridized carbons (Fsp3) is 0. The molecule has 0 saturated carbocycles. The molecule has 0 radical (unpaired) electrons. The molecule has 1 aromatic heterocycles. The Hall–Kier alpha value is -2.88. The Labute approximate surface area is 116 Å². The number of nitrogens with zero attached hydrogens (tertiary/aromatic N) is 2. The van der Waals surface area contributed by atoms with Gasteiger partial charge >= 0.3 is 0 Å². The zero-order valence-electron chi connectivity index (χ0n) is 10.6. The first-order chi connectivity index (χ1) is 9.83. The van der Waals surface area contributed by atoms with Crippen molar-refractivity contribution in [3.8, 4) is 11.4 Å². The maximum atomic E-state index is 9.99. The molecule has 0 spiro atoms. The zero-order valence-corrected chi connectivity index (χ0v) is 10.6. The van der Waals surface area contributed by atoms with Gasteiger partial charge in [0.05, 0.1) is 0 Å². The van der Waals surface area contributed by atoms with Gasteiger partial charge in [-0.05, 0) is 0 Å². The molecule has 3 aromatic rings. The van der Waals surface area contributed by atoms with Crippen molar-refractivity contribution in [2.75, 3.05) is 0 Å². The lowest BCUT2D eigenvalue weighted by Crippen LogP contribution is -1.83. The van der Waals surface area contributed by atoms with Crippen molar-refractivity contribution in [3.63, 3.8) is 0 Å². The number of hydrogen-bond donors (Lipinski definition) is 1. The molecule has 3 rings (SSSR count). The van der Waals surface area contributed by atoms with Gasteiger partial charge in [0, 0.05) is 17.2 Å². The molecule has 4 nitrogen and oxygen atoms in total. The molecule has 4 heteroatoms. The first-order valence-electron chi connectivity index (χ1n) is 6.18. The Bertz CT molecular complexity index is 719. The quantitative estimate of drug-likeness (QED) is 0.731. The highest BCUT2D eigenvalue weighted by Gasteiger charge is 2.07. The van der Waals surface area contributed by atoms with E-state index in [9.17, 15) is 5.11 Å². The van der Waals surface area contributed by atoms with Crippen LogP contribution in [0.15, 0.2) is 65.2 Å². The Morgan fingerprint density at radius 2 is 1.60 bits per heavy atom. The summed E-state index contributed by atoms with van der Waals surface area (Å²) in [4.78, 5) is 4.23. The second-order valence-electron chi connectivity index (χ2n) is 4.22. The van der Waals surface area contributed by atoms with Gasteiger partial charge in [0.25, 0.3) is 5.89 Å². The van der Waals surface area contributed by atoms with Crippen LogP contribution in [0.25, 0.3) is 23.2 Å². The highest BCUT2D eigenvalue weighted by atomic mass is 16.5. The normalized spacial score (nSPS) is 11.5. The van der Waals surface area contributed by atoms with Gasteiger partial charge in [-0.1, -0.05) is 65.8 Å². The van der Waals surface area contributed by atoms with Crippen LogP contribution >= 0.6 is 0 Å². The average Bonchev–Trinajstić information content (AvgIpc) is 2.97. The van der Waals surface area contributed by atoms with Gasteiger partial charge in [0.15, 0.2) is 0 Å². The van der Waals surface area contributed by atoms with E-state index in [1.165, 1.54) is 6.08 Å². The molecule has 0 atom stereocenters. The SMILES string of the molecule is O/C(=C\c1nc(-c2ccccc2)no1)c1ccccc1. The summed E-state index contributed by atoms with van der Waals surface area (Å²) in [6.07, 6.45) is 1.45. The fourth-order valence-corrected chi connectivity index (χ4v) is 1.81. The van der Waals surface area contributed by atoms with E-state index in [0.717, 1.165) is 5.56 Å². The predicted octanol–water partition coefficient (Wildman–Crippen LogP) is 3.79. The lowest BCUT2D eigenvalue weighted by atomic mass is 10.2. The third-order valence-electron chi connectivity index (χ3n) is 2.80. The van der Waals surface area contributed by atoms with Crippen LogP contribution in [0.2, 0.25) is 0 Å². The van der Waals surface area contributed by atoms with E-state index < -0.39 is 0 Å². The highest BCUT2D eigenvalue weighted by molar-refractivity contribution is 5.73. The molecule has 0 saturated heterocycles. The van der Waals surface area contributed by atoms with Gasteiger partial charge in [0.1, 0.15) is 5.76 Å². The summed E-state index contributed by atoms with van der Waals surface area (Å²) in [5, 5.41) is 13.9. The Morgan fingerprint density at radius 3 is 2.30 bits per heavy atom. The zero-order chi connectivity index (χ0) is 13.8. The van der Waals surface area contributed by atoms with Crippen LogP contribution in [0.5, 0.6) is 0 Å². The molecule has 98 valence electrons. The summed E-state index contributed by atoms with van der Waals surface area (Å²) in [6.45, 7) is 0. The molecule has 0 unspecified atom stereocenters. The molecular formula is C16H12N2O2. The van der Waals surface area contributed by atoms with Crippen LogP contribution in [-0.2, 0) is 0 Å². The van der Waals surface area contributed by atoms with Crippen LogP contribution in [-0.4, -0.2) is 15.2 Å². The van der Waals surface area contributed by atoms with Gasteiger partial charge in [-0.25, -0.2) is 0 Å². The van der Waals surface area contributed by atoms with E-state index in [1.54, 1.807) is 12.1 Å². The van der Waals surface area contributed by atoms with Crippen molar-refractivity contribution in [3.05, 3.63) is 72.1 Å². The first kappa shape index (κ1) is 12.2. The number of rotatable bonds is 3. The highest BCUT2D eigenvalue weighted by Crippen LogP contribution is 2.18. The van der Waals surface area contributed by atoms with Crippen molar-refractivity contribution < 1.29 is 9.63 Å². The summed E-state index contributed by atoms with van der Waals surface area (Å²) < 4.78 is 5.11. The maximum absolute atomic E-state index is 9.99. The fourth-order valence-electron chi connectivity index (χ4n) is 1.81. The summed E-state index contributed by atoms with van der Waals surface area (Å²) in [5.74, 6) is 0.858. The second kappa shape index (κ2) is 5.40. The Kier molecular flexibility index (Phi) is 3.29. The molecular weight excluding hydrogens is 252 g/mol. The minimum absolute atomic E-state index is 0.0915. The molecule has 0 bridgehead atoms. The van der Waals surface area contributed by atoms with Crippen molar-refractivity contribution in [2.24, 2.45) is 0 Å². The van der Waals surface area contributed by atoms with Crippen molar-refractivity contribution >= 4 is 11.8 Å². The second-order valence-corrected chi connectivity index (χ2v) is 4.22. The number of aliphatic hydroxyl groups is 1. The van der Waals surface area contributed by atoms with Gasteiger partial charge in [-0.3, -0.25) is 0 Å². The molecule has 2 aromatic carbocycles. The van der Waals surface area contributed by atoms with E-state index in [-0.39, 0.29) is 11.6 Å². The number of aliphatic hydroxyl groups excluding tert-OH is 1. The smallest absolute Gasteiger partial charge is 0.254 e. The van der Waals surface area contributed by atoms with Crippen LogP contribution in [0.4, 0.5) is 0 Å². The largest absolute Gasteiger partial charge is 0.507 e. The maximum Gasteiger partial charge on any atom is 0.254 e.